The number of aryl methyl sites for hydroxylation is 1. The second-order valence-corrected chi connectivity index (χ2v) is 7.33. The number of rotatable bonds is 6. The number of aromatic nitrogens is 3. The molecular formula is C23H20N4O5. The van der Waals surface area contributed by atoms with Crippen molar-refractivity contribution < 1.29 is 18.8 Å². The topological polar surface area (TPSA) is 108 Å². The monoisotopic (exact) mass is 432 g/mol. The molecule has 32 heavy (non-hydrogen) atoms. The van der Waals surface area contributed by atoms with E-state index in [9.17, 15) is 9.59 Å². The van der Waals surface area contributed by atoms with Crippen LogP contribution in [0.4, 0.5) is 0 Å². The first-order chi connectivity index (χ1) is 15.7. The minimum absolute atomic E-state index is 0.146. The first kappa shape index (κ1) is 19.8. The molecule has 9 heteroatoms. The minimum atomic E-state index is -0.200. The fourth-order valence-electron chi connectivity index (χ4n) is 3.49. The number of para-hydroxylation sites is 1. The van der Waals surface area contributed by atoms with Gasteiger partial charge >= 0.3 is 0 Å². The maximum Gasteiger partial charge on any atom is 0.261 e. The largest absolute Gasteiger partial charge is 0.486 e. The predicted molar refractivity (Wildman–Crippen MR) is 115 cm³/mol. The van der Waals surface area contributed by atoms with Gasteiger partial charge in [0.25, 0.3) is 5.56 Å². The maximum absolute atomic E-state index is 12.5. The Morgan fingerprint density at radius 1 is 1.06 bits per heavy atom. The number of amides is 1. The summed E-state index contributed by atoms with van der Waals surface area (Å²) in [5, 5.41) is 7.35. The van der Waals surface area contributed by atoms with Crippen LogP contribution < -0.4 is 20.3 Å². The highest BCUT2D eigenvalue weighted by Gasteiger charge is 2.15. The van der Waals surface area contributed by atoms with Crippen LogP contribution in [0.5, 0.6) is 11.5 Å². The van der Waals surface area contributed by atoms with E-state index in [1.54, 1.807) is 24.3 Å². The summed E-state index contributed by atoms with van der Waals surface area (Å²) in [6, 6.07) is 14.4. The number of carbonyl (C=O) groups is 1. The van der Waals surface area contributed by atoms with E-state index in [0.717, 1.165) is 5.56 Å². The van der Waals surface area contributed by atoms with E-state index in [2.05, 4.69) is 15.5 Å². The van der Waals surface area contributed by atoms with Gasteiger partial charge in [0.1, 0.15) is 18.9 Å². The number of nitrogens with zero attached hydrogens (tertiary/aromatic N) is 3. The summed E-state index contributed by atoms with van der Waals surface area (Å²) < 4.78 is 18.0. The van der Waals surface area contributed by atoms with Crippen molar-refractivity contribution in [1.29, 1.82) is 0 Å². The van der Waals surface area contributed by atoms with E-state index >= 15 is 0 Å². The molecule has 0 aliphatic carbocycles. The van der Waals surface area contributed by atoms with Crippen molar-refractivity contribution in [3.05, 3.63) is 70.9 Å². The van der Waals surface area contributed by atoms with Crippen molar-refractivity contribution in [2.45, 2.75) is 19.5 Å². The Hall–Kier alpha value is -4.14. The minimum Gasteiger partial charge on any atom is -0.486 e. The van der Waals surface area contributed by atoms with Crippen LogP contribution in [0.25, 0.3) is 22.2 Å². The van der Waals surface area contributed by atoms with E-state index in [4.69, 9.17) is 14.0 Å². The highest BCUT2D eigenvalue weighted by atomic mass is 16.6. The SMILES string of the molecule is O=C(CCn1cnc2ccccc2c1=O)NCc1cc(-c2ccc3c(c2)OCCO3)on1. The van der Waals surface area contributed by atoms with Crippen LogP contribution in [0, 0.1) is 0 Å². The van der Waals surface area contributed by atoms with Gasteiger partial charge in [0.2, 0.25) is 5.91 Å². The molecule has 162 valence electrons. The maximum atomic E-state index is 12.5. The number of benzene rings is 2. The Balaban J connectivity index is 1.18. The fourth-order valence-corrected chi connectivity index (χ4v) is 3.49. The molecule has 1 amide bonds. The second kappa shape index (κ2) is 8.54. The molecule has 1 aliphatic heterocycles. The average Bonchev–Trinajstić information content (AvgIpc) is 3.31. The van der Waals surface area contributed by atoms with Crippen molar-refractivity contribution in [3.63, 3.8) is 0 Å². The third-order valence-corrected chi connectivity index (χ3v) is 5.16. The van der Waals surface area contributed by atoms with Crippen LogP contribution >= 0.6 is 0 Å². The molecule has 0 atom stereocenters. The standard InChI is InChI=1S/C23H20N4O5/c28-22(7-8-27-14-25-18-4-2-1-3-17(18)23(27)29)24-13-16-12-20(32-26-16)15-5-6-19-21(11-15)31-10-9-30-19/h1-6,11-12,14H,7-10,13H2,(H,24,28). The van der Waals surface area contributed by atoms with Crippen molar-refractivity contribution >= 4 is 16.8 Å². The summed E-state index contributed by atoms with van der Waals surface area (Å²) in [6.07, 6.45) is 1.61. The predicted octanol–water partition coefficient (Wildman–Crippen LogP) is 2.53. The number of ether oxygens (including phenoxy) is 2. The van der Waals surface area contributed by atoms with E-state index in [1.807, 2.05) is 24.3 Å². The van der Waals surface area contributed by atoms with Crippen molar-refractivity contribution in [2.24, 2.45) is 0 Å². The summed E-state index contributed by atoms with van der Waals surface area (Å²) in [5.41, 5.74) is 1.87. The molecule has 0 unspecified atom stereocenters. The Bertz CT molecular complexity index is 1340. The van der Waals surface area contributed by atoms with Crippen molar-refractivity contribution in [2.75, 3.05) is 13.2 Å². The van der Waals surface area contributed by atoms with Gasteiger partial charge in [-0.25, -0.2) is 4.98 Å². The lowest BCUT2D eigenvalue weighted by molar-refractivity contribution is -0.121. The zero-order chi connectivity index (χ0) is 21.9. The molecule has 0 saturated carbocycles. The van der Waals surface area contributed by atoms with Gasteiger partial charge in [0, 0.05) is 24.6 Å². The Labute approximate surface area is 182 Å². The molecule has 1 aliphatic rings. The molecule has 4 aromatic rings. The van der Waals surface area contributed by atoms with Gasteiger partial charge < -0.3 is 19.3 Å². The van der Waals surface area contributed by atoms with Gasteiger partial charge in [-0.2, -0.15) is 0 Å². The smallest absolute Gasteiger partial charge is 0.261 e. The van der Waals surface area contributed by atoms with E-state index in [-0.39, 0.29) is 31.0 Å². The van der Waals surface area contributed by atoms with E-state index < -0.39 is 0 Å². The molecule has 0 fully saturated rings. The number of carbonyl (C=O) groups excluding carboxylic acids is 1. The molecular weight excluding hydrogens is 412 g/mol. The molecule has 0 saturated heterocycles. The Morgan fingerprint density at radius 3 is 2.81 bits per heavy atom. The van der Waals surface area contributed by atoms with Gasteiger partial charge in [-0.05, 0) is 30.3 Å². The van der Waals surface area contributed by atoms with Gasteiger partial charge in [-0.3, -0.25) is 14.2 Å². The summed E-state index contributed by atoms with van der Waals surface area (Å²) in [5.74, 6) is 1.74. The van der Waals surface area contributed by atoms with Gasteiger partial charge in [-0.1, -0.05) is 17.3 Å². The van der Waals surface area contributed by atoms with Crippen LogP contribution in [0.1, 0.15) is 12.1 Å². The lowest BCUT2D eigenvalue weighted by Gasteiger charge is -2.18. The summed E-state index contributed by atoms with van der Waals surface area (Å²) >= 11 is 0. The molecule has 3 heterocycles. The molecule has 0 spiro atoms. The normalized spacial score (nSPS) is 12.6. The molecule has 5 rings (SSSR count). The third kappa shape index (κ3) is 4.04. The number of hydrogen-bond donors (Lipinski definition) is 1. The highest BCUT2D eigenvalue weighted by molar-refractivity contribution is 5.77. The third-order valence-electron chi connectivity index (χ3n) is 5.16. The summed E-state index contributed by atoms with van der Waals surface area (Å²) in [4.78, 5) is 29.0. The average molecular weight is 432 g/mol. The number of fused-ring (bicyclic) bond motifs is 2. The Morgan fingerprint density at radius 2 is 1.91 bits per heavy atom. The van der Waals surface area contributed by atoms with Gasteiger partial charge in [0.05, 0.1) is 23.8 Å². The zero-order valence-corrected chi connectivity index (χ0v) is 17.1. The lowest BCUT2D eigenvalue weighted by Crippen LogP contribution is -2.27. The molecule has 0 radical (unpaired) electrons. The molecule has 1 N–H and O–H groups in total. The summed E-state index contributed by atoms with van der Waals surface area (Å²) in [7, 11) is 0. The van der Waals surface area contributed by atoms with Crippen LogP contribution in [-0.4, -0.2) is 33.8 Å². The van der Waals surface area contributed by atoms with E-state index in [0.29, 0.717) is 47.1 Å². The lowest BCUT2D eigenvalue weighted by atomic mass is 10.1. The molecule has 2 aromatic carbocycles. The fraction of sp³-hybridized carbons (Fsp3) is 0.217. The highest BCUT2D eigenvalue weighted by Crippen LogP contribution is 2.34. The number of nitrogens with one attached hydrogen (secondary N) is 1. The number of hydrogen-bond acceptors (Lipinski definition) is 7. The first-order valence-corrected chi connectivity index (χ1v) is 10.2. The van der Waals surface area contributed by atoms with Crippen molar-refractivity contribution in [1.82, 2.24) is 20.0 Å². The second-order valence-electron chi connectivity index (χ2n) is 7.33. The van der Waals surface area contributed by atoms with Gasteiger partial charge in [-0.15, -0.1) is 0 Å². The quantitative estimate of drug-likeness (QED) is 0.499. The first-order valence-electron chi connectivity index (χ1n) is 10.2. The van der Waals surface area contributed by atoms with Crippen LogP contribution in [-0.2, 0) is 17.9 Å². The Kier molecular flexibility index (Phi) is 5.29. The summed E-state index contributed by atoms with van der Waals surface area (Å²) in [6.45, 7) is 1.50. The van der Waals surface area contributed by atoms with Crippen LogP contribution in [0.15, 0.2) is 64.2 Å². The van der Waals surface area contributed by atoms with Crippen molar-refractivity contribution in [3.8, 4) is 22.8 Å². The zero-order valence-electron chi connectivity index (χ0n) is 17.1. The van der Waals surface area contributed by atoms with Crippen LogP contribution in [0.3, 0.4) is 0 Å². The van der Waals surface area contributed by atoms with Gasteiger partial charge in [0.15, 0.2) is 17.3 Å². The van der Waals surface area contributed by atoms with E-state index in [1.165, 1.54) is 10.9 Å². The van der Waals surface area contributed by atoms with Crippen LogP contribution in [0.2, 0.25) is 0 Å². The molecule has 2 aromatic heterocycles. The molecule has 9 nitrogen and oxygen atoms in total. The molecule has 0 bridgehead atoms.